The van der Waals surface area contributed by atoms with E-state index in [1.807, 2.05) is 13.0 Å². The Morgan fingerprint density at radius 3 is 2.47 bits per heavy atom. The molecule has 0 atom stereocenters. The second-order valence-corrected chi connectivity index (χ2v) is 5.86. The lowest BCUT2D eigenvalue weighted by molar-refractivity contribution is 0.102. The van der Waals surface area contributed by atoms with E-state index in [0.717, 1.165) is 14.5 Å². The van der Waals surface area contributed by atoms with E-state index in [-0.39, 0.29) is 5.91 Å². The largest absolute Gasteiger partial charge is 0.398 e. The molecule has 0 radical (unpaired) electrons. The number of carbonyl (C=O) groups is 1. The number of anilines is 2. The molecule has 0 saturated heterocycles. The van der Waals surface area contributed by atoms with Gasteiger partial charge in [0, 0.05) is 25.9 Å². The topological polar surface area (TPSA) is 55.1 Å². The third kappa shape index (κ3) is 3.36. The molecule has 0 saturated carbocycles. The minimum absolute atomic E-state index is 0.164. The lowest BCUT2D eigenvalue weighted by Gasteiger charge is -2.08. The van der Waals surface area contributed by atoms with Gasteiger partial charge in [-0.1, -0.05) is 22.0 Å². The van der Waals surface area contributed by atoms with Gasteiger partial charge in [-0.25, -0.2) is 0 Å². The number of amides is 1. The maximum atomic E-state index is 12.1. The van der Waals surface area contributed by atoms with Gasteiger partial charge in [0.1, 0.15) is 0 Å². The Hall–Kier alpha value is -1.33. The SMILES string of the molecule is Cc1ccc(C(=O)Nc2ccc(Br)c(N)c2)cc1Br. The first-order valence-electron chi connectivity index (χ1n) is 5.60. The van der Waals surface area contributed by atoms with Gasteiger partial charge in [-0.3, -0.25) is 4.79 Å². The number of rotatable bonds is 2. The second kappa shape index (κ2) is 5.75. The van der Waals surface area contributed by atoms with Crippen LogP contribution in [0.5, 0.6) is 0 Å². The molecule has 0 heterocycles. The van der Waals surface area contributed by atoms with E-state index in [2.05, 4.69) is 37.2 Å². The molecule has 0 spiro atoms. The maximum absolute atomic E-state index is 12.1. The van der Waals surface area contributed by atoms with Crippen LogP contribution in [0, 0.1) is 6.92 Å². The molecule has 0 fully saturated rings. The Labute approximate surface area is 128 Å². The molecule has 98 valence electrons. The Kier molecular flexibility index (Phi) is 4.27. The molecular weight excluding hydrogens is 372 g/mol. The van der Waals surface area contributed by atoms with Gasteiger partial charge in [0.15, 0.2) is 0 Å². The van der Waals surface area contributed by atoms with Gasteiger partial charge in [0.25, 0.3) is 5.91 Å². The summed E-state index contributed by atoms with van der Waals surface area (Å²) in [7, 11) is 0. The first-order valence-corrected chi connectivity index (χ1v) is 7.18. The van der Waals surface area contributed by atoms with Gasteiger partial charge < -0.3 is 11.1 Å². The van der Waals surface area contributed by atoms with Gasteiger partial charge in [-0.05, 0) is 58.7 Å². The number of carbonyl (C=O) groups excluding carboxylic acids is 1. The van der Waals surface area contributed by atoms with Crippen LogP contribution in [0.4, 0.5) is 11.4 Å². The average molecular weight is 384 g/mol. The summed E-state index contributed by atoms with van der Waals surface area (Å²) in [5.41, 5.74) is 8.71. The van der Waals surface area contributed by atoms with Gasteiger partial charge in [0.05, 0.1) is 0 Å². The summed E-state index contributed by atoms with van der Waals surface area (Å²) in [6.07, 6.45) is 0. The van der Waals surface area contributed by atoms with Crippen LogP contribution in [0.2, 0.25) is 0 Å². The molecule has 0 unspecified atom stereocenters. The van der Waals surface area contributed by atoms with E-state index >= 15 is 0 Å². The fourth-order valence-corrected chi connectivity index (χ4v) is 2.18. The highest BCUT2D eigenvalue weighted by molar-refractivity contribution is 9.10. The summed E-state index contributed by atoms with van der Waals surface area (Å²) in [6.45, 7) is 1.97. The molecule has 0 aromatic heterocycles. The summed E-state index contributed by atoms with van der Waals surface area (Å²) in [4.78, 5) is 12.1. The van der Waals surface area contributed by atoms with Gasteiger partial charge in [-0.2, -0.15) is 0 Å². The predicted molar refractivity (Wildman–Crippen MR) is 85.4 cm³/mol. The van der Waals surface area contributed by atoms with Crippen LogP contribution in [0.3, 0.4) is 0 Å². The number of nitrogen functional groups attached to an aromatic ring is 1. The molecule has 0 aliphatic carbocycles. The van der Waals surface area contributed by atoms with E-state index in [1.165, 1.54) is 0 Å². The van der Waals surface area contributed by atoms with E-state index in [1.54, 1.807) is 30.3 Å². The normalized spacial score (nSPS) is 10.3. The smallest absolute Gasteiger partial charge is 0.255 e. The molecule has 0 aliphatic heterocycles. The second-order valence-electron chi connectivity index (χ2n) is 4.15. The molecule has 3 nitrogen and oxygen atoms in total. The van der Waals surface area contributed by atoms with E-state index < -0.39 is 0 Å². The van der Waals surface area contributed by atoms with Crippen LogP contribution < -0.4 is 11.1 Å². The van der Waals surface area contributed by atoms with E-state index in [0.29, 0.717) is 16.9 Å². The molecule has 2 aromatic carbocycles. The quantitative estimate of drug-likeness (QED) is 0.757. The van der Waals surface area contributed by atoms with Gasteiger partial charge >= 0.3 is 0 Å². The van der Waals surface area contributed by atoms with Crippen molar-refractivity contribution in [2.75, 3.05) is 11.1 Å². The lowest BCUT2D eigenvalue weighted by Crippen LogP contribution is -2.12. The molecule has 19 heavy (non-hydrogen) atoms. The number of hydrogen-bond acceptors (Lipinski definition) is 2. The minimum atomic E-state index is -0.164. The van der Waals surface area contributed by atoms with Crippen LogP contribution in [0.25, 0.3) is 0 Å². The molecule has 2 aromatic rings. The Morgan fingerprint density at radius 2 is 1.84 bits per heavy atom. The van der Waals surface area contributed by atoms with Crippen molar-refractivity contribution in [3.05, 3.63) is 56.5 Å². The Morgan fingerprint density at radius 1 is 1.11 bits per heavy atom. The molecule has 3 N–H and O–H groups in total. The fourth-order valence-electron chi connectivity index (χ4n) is 1.56. The zero-order valence-electron chi connectivity index (χ0n) is 10.2. The number of nitrogens with one attached hydrogen (secondary N) is 1. The first kappa shape index (κ1) is 14.1. The summed E-state index contributed by atoms with van der Waals surface area (Å²) in [6, 6.07) is 10.8. The molecule has 0 bridgehead atoms. The molecule has 5 heteroatoms. The highest BCUT2D eigenvalue weighted by atomic mass is 79.9. The van der Waals surface area contributed by atoms with E-state index in [4.69, 9.17) is 5.73 Å². The third-order valence-electron chi connectivity index (χ3n) is 2.69. The maximum Gasteiger partial charge on any atom is 0.255 e. The minimum Gasteiger partial charge on any atom is -0.398 e. The van der Waals surface area contributed by atoms with Crippen LogP contribution in [-0.4, -0.2) is 5.91 Å². The highest BCUT2D eigenvalue weighted by Gasteiger charge is 2.08. The number of benzene rings is 2. The van der Waals surface area contributed by atoms with Crippen molar-refractivity contribution >= 4 is 49.1 Å². The number of nitrogens with two attached hydrogens (primary N) is 1. The molecule has 2 rings (SSSR count). The monoisotopic (exact) mass is 382 g/mol. The Balaban J connectivity index is 2.20. The van der Waals surface area contributed by atoms with Crippen LogP contribution in [0.1, 0.15) is 15.9 Å². The zero-order valence-corrected chi connectivity index (χ0v) is 13.4. The summed E-state index contributed by atoms with van der Waals surface area (Å²) in [5.74, 6) is -0.164. The number of halogens is 2. The average Bonchev–Trinajstić information content (AvgIpc) is 2.37. The predicted octanol–water partition coefficient (Wildman–Crippen LogP) is 4.35. The molecule has 1 amide bonds. The summed E-state index contributed by atoms with van der Waals surface area (Å²) >= 11 is 6.73. The van der Waals surface area contributed by atoms with Crippen molar-refractivity contribution in [2.24, 2.45) is 0 Å². The van der Waals surface area contributed by atoms with Crippen molar-refractivity contribution in [1.82, 2.24) is 0 Å². The van der Waals surface area contributed by atoms with E-state index in [9.17, 15) is 4.79 Å². The van der Waals surface area contributed by atoms with Crippen LogP contribution in [0.15, 0.2) is 45.3 Å². The van der Waals surface area contributed by atoms with Crippen LogP contribution >= 0.6 is 31.9 Å². The van der Waals surface area contributed by atoms with Crippen LogP contribution in [-0.2, 0) is 0 Å². The van der Waals surface area contributed by atoms with Crippen molar-refractivity contribution in [3.63, 3.8) is 0 Å². The summed E-state index contributed by atoms with van der Waals surface area (Å²) in [5, 5.41) is 2.81. The number of aryl methyl sites for hydroxylation is 1. The summed E-state index contributed by atoms with van der Waals surface area (Å²) < 4.78 is 1.72. The molecule has 0 aliphatic rings. The molecular formula is C14H12Br2N2O. The zero-order chi connectivity index (χ0) is 14.0. The lowest BCUT2D eigenvalue weighted by atomic mass is 10.1. The van der Waals surface area contributed by atoms with Gasteiger partial charge in [0.2, 0.25) is 0 Å². The van der Waals surface area contributed by atoms with Crippen molar-refractivity contribution in [3.8, 4) is 0 Å². The van der Waals surface area contributed by atoms with Crippen molar-refractivity contribution < 1.29 is 4.79 Å². The third-order valence-corrected chi connectivity index (χ3v) is 4.26. The highest BCUT2D eigenvalue weighted by Crippen LogP contribution is 2.24. The number of hydrogen-bond donors (Lipinski definition) is 2. The van der Waals surface area contributed by atoms with Crippen molar-refractivity contribution in [1.29, 1.82) is 0 Å². The van der Waals surface area contributed by atoms with Crippen molar-refractivity contribution in [2.45, 2.75) is 6.92 Å². The Bertz CT molecular complexity index is 641. The standard InChI is InChI=1S/C14H12Br2N2O/c1-8-2-3-9(6-12(8)16)14(19)18-10-4-5-11(15)13(17)7-10/h2-7H,17H2,1H3,(H,18,19). The fraction of sp³-hybridized carbons (Fsp3) is 0.0714. The first-order chi connectivity index (χ1) is 8.97. The van der Waals surface area contributed by atoms with Gasteiger partial charge in [-0.15, -0.1) is 0 Å².